The zero-order chi connectivity index (χ0) is 28.8. The van der Waals surface area contributed by atoms with E-state index in [4.69, 9.17) is 0 Å². The van der Waals surface area contributed by atoms with Crippen molar-refractivity contribution in [1.82, 2.24) is 30.2 Å². The molecule has 14 heteroatoms. The first-order valence-corrected chi connectivity index (χ1v) is 11.9. The molecule has 1 atom stereocenters. The van der Waals surface area contributed by atoms with Crippen molar-refractivity contribution in [1.29, 1.82) is 0 Å². The summed E-state index contributed by atoms with van der Waals surface area (Å²) in [5, 5.41) is 18.5. The topological polar surface area (TPSA) is 139 Å². The van der Waals surface area contributed by atoms with E-state index < -0.39 is 41.5 Å². The SMILES string of the molecule is Cc1c(C(=O)O)ccc2c1CC[C@@H]2NC(=O)c1cc(C(=O)NCc2ccc(C(F)(F)F)nc2)nc2c(F)cnn12. The molecule has 3 aromatic heterocycles. The predicted octanol–water partition coefficient (Wildman–Crippen LogP) is 3.64. The molecule has 1 aliphatic carbocycles. The van der Waals surface area contributed by atoms with Crippen LogP contribution < -0.4 is 10.6 Å². The van der Waals surface area contributed by atoms with Gasteiger partial charge in [-0.15, -0.1) is 0 Å². The fourth-order valence-corrected chi connectivity index (χ4v) is 4.68. The minimum Gasteiger partial charge on any atom is -0.478 e. The second kappa shape index (κ2) is 10.0. The van der Waals surface area contributed by atoms with E-state index in [1.54, 1.807) is 13.0 Å². The summed E-state index contributed by atoms with van der Waals surface area (Å²) in [5.74, 6) is -3.40. The summed E-state index contributed by atoms with van der Waals surface area (Å²) in [6, 6.07) is 5.72. The molecule has 1 aliphatic rings. The highest BCUT2D eigenvalue weighted by Crippen LogP contribution is 2.35. The monoisotopic (exact) mass is 556 g/mol. The summed E-state index contributed by atoms with van der Waals surface area (Å²) >= 11 is 0. The average molecular weight is 556 g/mol. The fraction of sp³-hybridized carbons (Fsp3) is 0.231. The number of benzene rings is 1. The summed E-state index contributed by atoms with van der Waals surface area (Å²) in [6.45, 7) is 1.51. The van der Waals surface area contributed by atoms with Gasteiger partial charge in [0.2, 0.25) is 0 Å². The molecule has 0 bridgehead atoms. The number of alkyl halides is 3. The van der Waals surface area contributed by atoms with Gasteiger partial charge in [0.15, 0.2) is 11.5 Å². The van der Waals surface area contributed by atoms with E-state index in [2.05, 4.69) is 25.7 Å². The molecule has 0 spiro atoms. The molecule has 40 heavy (non-hydrogen) atoms. The van der Waals surface area contributed by atoms with E-state index in [0.717, 1.165) is 46.2 Å². The standard InChI is InChI=1S/C26H20F4N6O4/c1-12-14-5-6-18(16(14)4-3-15(12)25(39)40)35-24(38)20-8-19(34-22-17(27)11-33-36(20)22)23(37)32-10-13-2-7-21(31-9-13)26(28,29)30/h2-4,7-9,11,18H,5-6,10H2,1H3,(H,32,37)(H,35,38)(H,39,40)/t18-/m0/s1. The molecule has 10 nitrogen and oxygen atoms in total. The summed E-state index contributed by atoms with van der Waals surface area (Å²) in [6.07, 6.45) is -1.75. The van der Waals surface area contributed by atoms with Crippen LogP contribution in [0.2, 0.25) is 0 Å². The number of pyridine rings is 1. The van der Waals surface area contributed by atoms with Crippen LogP contribution in [-0.2, 0) is 19.1 Å². The Kier molecular flexibility index (Phi) is 6.69. The first-order chi connectivity index (χ1) is 18.9. The Morgan fingerprint density at radius 1 is 1.12 bits per heavy atom. The summed E-state index contributed by atoms with van der Waals surface area (Å²) in [7, 11) is 0. The zero-order valence-corrected chi connectivity index (χ0v) is 20.7. The molecule has 0 unspecified atom stereocenters. The van der Waals surface area contributed by atoms with Crippen LogP contribution in [0.1, 0.15) is 71.7 Å². The van der Waals surface area contributed by atoms with Crippen molar-refractivity contribution >= 4 is 23.4 Å². The van der Waals surface area contributed by atoms with Crippen molar-refractivity contribution < 1.29 is 37.1 Å². The molecule has 3 heterocycles. The van der Waals surface area contributed by atoms with E-state index >= 15 is 0 Å². The molecule has 0 fully saturated rings. The third-order valence-electron chi connectivity index (χ3n) is 6.69. The lowest BCUT2D eigenvalue weighted by atomic mass is 9.98. The number of nitrogens with one attached hydrogen (secondary N) is 2. The molecule has 0 radical (unpaired) electrons. The van der Waals surface area contributed by atoms with E-state index in [-0.39, 0.29) is 34.7 Å². The van der Waals surface area contributed by atoms with Gasteiger partial charge < -0.3 is 15.7 Å². The Balaban J connectivity index is 1.37. The Bertz CT molecular complexity index is 1670. The van der Waals surface area contributed by atoms with Crippen LogP contribution in [-0.4, -0.2) is 42.5 Å². The lowest BCUT2D eigenvalue weighted by Crippen LogP contribution is -2.30. The second-order valence-electron chi connectivity index (χ2n) is 9.16. The highest BCUT2D eigenvalue weighted by molar-refractivity contribution is 5.98. The number of aromatic nitrogens is 4. The Hall–Kier alpha value is -4.88. The third kappa shape index (κ3) is 4.95. The molecular formula is C26H20F4N6O4. The van der Waals surface area contributed by atoms with Crippen molar-refractivity contribution in [2.75, 3.05) is 0 Å². The number of halogens is 4. The van der Waals surface area contributed by atoms with Gasteiger partial charge in [0, 0.05) is 18.8 Å². The molecule has 206 valence electrons. The highest BCUT2D eigenvalue weighted by Gasteiger charge is 2.32. The maximum atomic E-state index is 14.4. The molecule has 0 saturated heterocycles. The maximum Gasteiger partial charge on any atom is 0.433 e. The van der Waals surface area contributed by atoms with Gasteiger partial charge in [0.05, 0.1) is 17.8 Å². The van der Waals surface area contributed by atoms with Crippen molar-refractivity contribution in [2.45, 2.75) is 38.5 Å². The second-order valence-corrected chi connectivity index (χ2v) is 9.16. The number of carbonyl (C=O) groups excluding carboxylic acids is 2. The van der Waals surface area contributed by atoms with Crippen LogP contribution in [0.4, 0.5) is 17.6 Å². The van der Waals surface area contributed by atoms with E-state index in [1.807, 2.05) is 0 Å². The van der Waals surface area contributed by atoms with Crippen molar-refractivity contribution in [2.24, 2.45) is 0 Å². The van der Waals surface area contributed by atoms with Crippen LogP contribution in [0.25, 0.3) is 5.65 Å². The molecule has 2 amide bonds. The van der Waals surface area contributed by atoms with E-state index in [1.165, 1.54) is 6.07 Å². The minimum absolute atomic E-state index is 0.177. The maximum absolute atomic E-state index is 14.4. The summed E-state index contributed by atoms with van der Waals surface area (Å²) < 4.78 is 53.5. The molecule has 0 aliphatic heterocycles. The molecular weight excluding hydrogens is 536 g/mol. The number of hydrogen-bond donors (Lipinski definition) is 3. The number of aromatic carboxylic acids is 1. The smallest absolute Gasteiger partial charge is 0.433 e. The Morgan fingerprint density at radius 2 is 1.90 bits per heavy atom. The van der Waals surface area contributed by atoms with Crippen LogP contribution in [0, 0.1) is 12.7 Å². The number of carbonyl (C=O) groups is 3. The number of carboxylic acid groups (broad SMARTS) is 1. The van der Waals surface area contributed by atoms with Gasteiger partial charge in [-0.25, -0.2) is 18.7 Å². The summed E-state index contributed by atoms with van der Waals surface area (Å²) in [5.41, 5.74) is 0.710. The van der Waals surface area contributed by atoms with Crippen molar-refractivity contribution in [3.05, 3.63) is 93.4 Å². The highest BCUT2D eigenvalue weighted by atomic mass is 19.4. The van der Waals surface area contributed by atoms with E-state index in [9.17, 15) is 37.1 Å². The molecule has 3 N–H and O–H groups in total. The number of rotatable bonds is 6. The lowest BCUT2D eigenvalue weighted by molar-refractivity contribution is -0.141. The van der Waals surface area contributed by atoms with Crippen LogP contribution in [0.3, 0.4) is 0 Å². The van der Waals surface area contributed by atoms with Crippen LogP contribution in [0.5, 0.6) is 0 Å². The molecule has 4 aromatic rings. The largest absolute Gasteiger partial charge is 0.478 e. The molecule has 0 saturated carbocycles. The normalized spacial score (nSPS) is 14.7. The van der Waals surface area contributed by atoms with Crippen molar-refractivity contribution in [3.8, 4) is 0 Å². The average Bonchev–Trinajstić information content (AvgIpc) is 3.50. The number of carboxylic acids is 1. The van der Waals surface area contributed by atoms with Gasteiger partial charge in [-0.3, -0.25) is 14.6 Å². The zero-order valence-electron chi connectivity index (χ0n) is 20.7. The van der Waals surface area contributed by atoms with Crippen molar-refractivity contribution in [3.63, 3.8) is 0 Å². The van der Waals surface area contributed by atoms with Gasteiger partial charge in [-0.2, -0.15) is 18.3 Å². The van der Waals surface area contributed by atoms with Gasteiger partial charge in [0.1, 0.15) is 17.1 Å². The van der Waals surface area contributed by atoms with Gasteiger partial charge >= 0.3 is 12.1 Å². The number of amides is 2. The first-order valence-electron chi connectivity index (χ1n) is 11.9. The van der Waals surface area contributed by atoms with Crippen LogP contribution in [0.15, 0.2) is 42.7 Å². The number of hydrogen-bond acceptors (Lipinski definition) is 6. The minimum atomic E-state index is -4.60. The molecule has 5 rings (SSSR count). The predicted molar refractivity (Wildman–Crippen MR) is 130 cm³/mol. The quantitative estimate of drug-likeness (QED) is 0.308. The van der Waals surface area contributed by atoms with Gasteiger partial charge in [0.25, 0.3) is 11.8 Å². The fourth-order valence-electron chi connectivity index (χ4n) is 4.68. The van der Waals surface area contributed by atoms with E-state index in [0.29, 0.717) is 18.4 Å². The lowest BCUT2D eigenvalue weighted by Gasteiger charge is -2.16. The number of nitrogens with zero attached hydrogens (tertiary/aromatic N) is 4. The third-order valence-corrected chi connectivity index (χ3v) is 6.69. The van der Waals surface area contributed by atoms with Crippen LogP contribution >= 0.6 is 0 Å². The molecule has 1 aromatic carbocycles. The Labute approximate surface area is 223 Å². The Morgan fingerprint density at radius 3 is 2.58 bits per heavy atom. The number of fused-ring (bicyclic) bond motifs is 2. The van der Waals surface area contributed by atoms with Gasteiger partial charge in [-0.1, -0.05) is 12.1 Å². The summed E-state index contributed by atoms with van der Waals surface area (Å²) in [4.78, 5) is 44.9. The van der Waals surface area contributed by atoms with Gasteiger partial charge in [-0.05, 0) is 54.2 Å². The first kappa shape index (κ1) is 26.7.